The number of pyridine rings is 1. The topological polar surface area (TPSA) is 86.3 Å². The van der Waals surface area contributed by atoms with Crippen LogP contribution in [0.3, 0.4) is 0 Å². The van der Waals surface area contributed by atoms with Crippen LogP contribution < -0.4 is 5.32 Å². The molecule has 0 saturated carbocycles. The van der Waals surface area contributed by atoms with Gasteiger partial charge in [0.25, 0.3) is 0 Å². The van der Waals surface area contributed by atoms with Gasteiger partial charge in [-0.3, -0.25) is 14.3 Å². The fourth-order valence-electron chi connectivity index (χ4n) is 3.16. The van der Waals surface area contributed by atoms with Gasteiger partial charge in [0, 0.05) is 36.7 Å². The first-order valence-electron chi connectivity index (χ1n) is 8.89. The third-order valence-corrected chi connectivity index (χ3v) is 4.46. The zero-order valence-corrected chi connectivity index (χ0v) is 15.9. The van der Waals surface area contributed by atoms with Gasteiger partial charge in [0.1, 0.15) is 5.82 Å². The molecule has 0 aliphatic rings. The Bertz CT molecular complexity index is 1080. The highest BCUT2D eigenvalue weighted by Gasteiger charge is 2.15. The highest BCUT2D eigenvalue weighted by atomic mass is 15.3. The van der Waals surface area contributed by atoms with Gasteiger partial charge in [-0.05, 0) is 39.0 Å². The van der Waals surface area contributed by atoms with Gasteiger partial charge in [0.05, 0.1) is 23.8 Å². The third kappa shape index (κ3) is 3.38. The van der Waals surface area contributed by atoms with Gasteiger partial charge < -0.3 is 5.32 Å². The van der Waals surface area contributed by atoms with E-state index in [2.05, 4.69) is 45.4 Å². The van der Waals surface area contributed by atoms with Crippen LogP contribution in [0.5, 0.6) is 0 Å². The first kappa shape index (κ1) is 17.1. The van der Waals surface area contributed by atoms with Gasteiger partial charge in [0.2, 0.25) is 0 Å². The van der Waals surface area contributed by atoms with E-state index in [1.54, 1.807) is 23.3 Å². The van der Waals surface area contributed by atoms with Crippen molar-refractivity contribution in [3.8, 4) is 11.4 Å². The Morgan fingerprint density at radius 2 is 1.93 bits per heavy atom. The molecule has 0 bridgehead atoms. The summed E-state index contributed by atoms with van der Waals surface area (Å²) >= 11 is 0. The maximum atomic E-state index is 4.76. The largest absolute Gasteiger partial charge is 0.365 e. The van der Waals surface area contributed by atoms with Crippen molar-refractivity contribution < 1.29 is 0 Å². The molecule has 4 rings (SSSR count). The van der Waals surface area contributed by atoms with Crippen LogP contribution in [0.1, 0.15) is 18.3 Å². The summed E-state index contributed by atoms with van der Waals surface area (Å²) in [6.45, 7) is 6.94. The maximum absolute atomic E-state index is 4.76. The Balaban J connectivity index is 1.69. The van der Waals surface area contributed by atoms with Crippen molar-refractivity contribution >= 4 is 16.9 Å². The molecule has 8 nitrogen and oxygen atoms in total. The van der Waals surface area contributed by atoms with Crippen LogP contribution in [0.25, 0.3) is 22.4 Å². The van der Waals surface area contributed by atoms with E-state index in [1.165, 1.54) is 0 Å². The summed E-state index contributed by atoms with van der Waals surface area (Å²) in [6.07, 6.45) is 5.28. The number of fused-ring (bicyclic) bond motifs is 1. The van der Waals surface area contributed by atoms with Gasteiger partial charge in [-0.1, -0.05) is 0 Å². The summed E-state index contributed by atoms with van der Waals surface area (Å²) in [7, 11) is 1.88. The lowest BCUT2D eigenvalue weighted by Crippen LogP contribution is -2.24. The highest BCUT2D eigenvalue weighted by Crippen LogP contribution is 2.25. The summed E-state index contributed by atoms with van der Waals surface area (Å²) in [5.41, 5.74) is 3.88. The maximum Gasteiger partial charge on any atom is 0.164 e. The van der Waals surface area contributed by atoms with Gasteiger partial charge in [-0.15, -0.1) is 0 Å². The molecule has 0 radical (unpaired) electrons. The van der Waals surface area contributed by atoms with E-state index in [-0.39, 0.29) is 6.04 Å². The smallest absolute Gasteiger partial charge is 0.164 e. The molecule has 1 atom stereocenters. The summed E-state index contributed by atoms with van der Waals surface area (Å²) in [5.74, 6) is 1.42. The van der Waals surface area contributed by atoms with Crippen molar-refractivity contribution in [2.75, 3.05) is 5.32 Å². The average molecular weight is 362 g/mol. The quantitative estimate of drug-likeness (QED) is 0.587. The number of aryl methyl sites for hydroxylation is 3. The van der Waals surface area contributed by atoms with E-state index < -0.39 is 0 Å². The van der Waals surface area contributed by atoms with Crippen LogP contribution in [0.2, 0.25) is 0 Å². The van der Waals surface area contributed by atoms with Crippen molar-refractivity contribution in [1.29, 1.82) is 0 Å². The fourth-order valence-corrected chi connectivity index (χ4v) is 3.16. The second-order valence-corrected chi connectivity index (χ2v) is 6.79. The minimum absolute atomic E-state index is 0.131. The minimum Gasteiger partial charge on any atom is -0.365 e. The molecule has 4 aromatic heterocycles. The van der Waals surface area contributed by atoms with E-state index in [0.29, 0.717) is 5.82 Å². The van der Waals surface area contributed by atoms with E-state index >= 15 is 0 Å². The number of anilines is 1. The minimum atomic E-state index is 0.131. The summed E-state index contributed by atoms with van der Waals surface area (Å²) in [6, 6.07) is 6.02. The van der Waals surface area contributed by atoms with E-state index in [9.17, 15) is 0 Å². The SMILES string of the molecule is Cc1cc(C)n(C[C@H](C)Nc2nc(-c3ccncc3)nc3c2cnn3C)n1. The van der Waals surface area contributed by atoms with Crippen LogP contribution in [0.4, 0.5) is 5.82 Å². The molecule has 0 aliphatic heterocycles. The third-order valence-electron chi connectivity index (χ3n) is 4.46. The number of hydrogen-bond donors (Lipinski definition) is 1. The molecule has 0 aromatic carbocycles. The van der Waals surface area contributed by atoms with Crippen molar-refractivity contribution in [2.45, 2.75) is 33.4 Å². The van der Waals surface area contributed by atoms with Crippen molar-refractivity contribution in [1.82, 2.24) is 34.5 Å². The molecule has 138 valence electrons. The Morgan fingerprint density at radius 1 is 1.15 bits per heavy atom. The Labute approximate surface area is 157 Å². The number of nitrogens with zero attached hydrogens (tertiary/aromatic N) is 7. The molecule has 0 spiro atoms. The number of hydrogen-bond acceptors (Lipinski definition) is 6. The first-order valence-corrected chi connectivity index (χ1v) is 8.89. The van der Waals surface area contributed by atoms with Crippen molar-refractivity contribution in [2.24, 2.45) is 7.05 Å². The fraction of sp³-hybridized carbons (Fsp3) is 0.316. The number of nitrogens with one attached hydrogen (secondary N) is 1. The van der Waals surface area contributed by atoms with Crippen LogP contribution in [0.15, 0.2) is 36.8 Å². The predicted molar refractivity (Wildman–Crippen MR) is 104 cm³/mol. The number of aromatic nitrogens is 7. The Hall–Kier alpha value is -3.29. The van der Waals surface area contributed by atoms with Gasteiger partial charge in [-0.25, -0.2) is 9.97 Å². The van der Waals surface area contributed by atoms with Crippen LogP contribution in [-0.4, -0.2) is 40.6 Å². The molecule has 0 unspecified atom stereocenters. The standard InChI is InChI=1S/C19H22N8/c1-12-9-14(3)27(25-12)11-13(2)22-18-16-10-21-26(4)19(16)24-17(23-18)15-5-7-20-8-6-15/h5-10,13H,11H2,1-4H3,(H,22,23,24)/t13-/m0/s1. The van der Waals surface area contributed by atoms with Crippen LogP contribution >= 0.6 is 0 Å². The molecule has 0 aliphatic carbocycles. The normalized spacial score (nSPS) is 12.4. The van der Waals surface area contributed by atoms with Crippen LogP contribution in [-0.2, 0) is 13.6 Å². The lowest BCUT2D eigenvalue weighted by atomic mass is 10.2. The summed E-state index contributed by atoms with van der Waals surface area (Å²) in [4.78, 5) is 13.5. The van der Waals surface area contributed by atoms with E-state index in [0.717, 1.165) is 40.3 Å². The zero-order valence-electron chi connectivity index (χ0n) is 15.9. The molecular weight excluding hydrogens is 340 g/mol. The van der Waals surface area contributed by atoms with Crippen molar-refractivity contribution in [3.63, 3.8) is 0 Å². The molecule has 4 heterocycles. The second-order valence-electron chi connectivity index (χ2n) is 6.79. The van der Waals surface area contributed by atoms with Crippen LogP contribution in [0, 0.1) is 13.8 Å². The zero-order chi connectivity index (χ0) is 19.0. The second kappa shape index (κ2) is 6.79. The highest BCUT2D eigenvalue weighted by molar-refractivity contribution is 5.88. The predicted octanol–water partition coefficient (Wildman–Crippen LogP) is 2.74. The lowest BCUT2D eigenvalue weighted by molar-refractivity contribution is 0.545. The molecule has 8 heteroatoms. The molecule has 0 saturated heterocycles. The van der Waals surface area contributed by atoms with E-state index in [1.807, 2.05) is 30.8 Å². The number of rotatable bonds is 5. The summed E-state index contributed by atoms with van der Waals surface area (Å²) < 4.78 is 3.77. The molecule has 0 amide bonds. The molecule has 0 fully saturated rings. The Kier molecular flexibility index (Phi) is 4.31. The molecular formula is C19H22N8. The molecule has 1 N–H and O–H groups in total. The van der Waals surface area contributed by atoms with Gasteiger partial charge >= 0.3 is 0 Å². The molecule has 4 aromatic rings. The monoisotopic (exact) mass is 362 g/mol. The van der Waals surface area contributed by atoms with Crippen molar-refractivity contribution in [3.05, 3.63) is 48.2 Å². The first-order chi connectivity index (χ1) is 13.0. The van der Waals surface area contributed by atoms with E-state index in [4.69, 9.17) is 4.98 Å². The Morgan fingerprint density at radius 3 is 2.63 bits per heavy atom. The summed E-state index contributed by atoms with van der Waals surface area (Å²) in [5, 5.41) is 13.3. The van der Waals surface area contributed by atoms with Gasteiger partial charge in [-0.2, -0.15) is 10.2 Å². The van der Waals surface area contributed by atoms with Gasteiger partial charge in [0.15, 0.2) is 11.5 Å². The molecule has 27 heavy (non-hydrogen) atoms. The lowest BCUT2D eigenvalue weighted by Gasteiger charge is -2.17. The average Bonchev–Trinajstić information content (AvgIpc) is 3.17.